The first-order chi connectivity index (χ1) is 8.54. The summed E-state index contributed by atoms with van der Waals surface area (Å²) in [7, 11) is 0. The molecular formula is C11H13BrN2O3S. The summed E-state index contributed by atoms with van der Waals surface area (Å²) in [5.41, 5.74) is 0.382. The molecule has 0 bridgehead atoms. The summed E-state index contributed by atoms with van der Waals surface area (Å²) < 4.78 is 0.533. The molecule has 0 saturated carbocycles. The summed E-state index contributed by atoms with van der Waals surface area (Å²) in [5.74, 6) is -0.755. The molecule has 0 aliphatic carbocycles. The molecule has 1 aromatic rings. The molecule has 1 aromatic heterocycles. The second-order valence-corrected chi connectivity index (χ2v) is 5.31. The molecule has 98 valence electrons. The summed E-state index contributed by atoms with van der Waals surface area (Å²) in [6.07, 6.45) is 3.77. The third-order valence-corrected chi connectivity index (χ3v) is 3.28. The van der Waals surface area contributed by atoms with E-state index in [0.29, 0.717) is 22.3 Å². The number of rotatable bonds is 6. The van der Waals surface area contributed by atoms with E-state index in [9.17, 15) is 9.59 Å². The van der Waals surface area contributed by atoms with Crippen molar-refractivity contribution in [3.63, 3.8) is 0 Å². The van der Waals surface area contributed by atoms with E-state index >= 15 is 0 Å². The summed E-state index contributed by atoms with van der Waals surface area (Å²) in [6, 6.07) is 2.22. The van der Waals surface area contributed by atoms with Crippen molar-refractivity contribution in [3.8, 4) is 0 Å². The number of hydrogen-bond donors (Lipinski definition) is 2. The van der Waals surface area contributed by atoms with Gasteiger partial charge in [0.15, 0.2) is 0 Å². The molecule has 0 fully saturated rings. The van der Waals surface area contributed by atoms with E-state index in [0.717, 1.165) is 0 Å². The lowest BCUT2D eigenvalue weighted by Crippen LogP contribution is -2.41. The molecule has 18 heavy (non-hydrogen) atoms. The van der Waals surface area contributed by atoms with Crippen molar-refractivity contribution in [2.75, 3.05) is 12.0 Å². The number of nitrogens with zero attached hydrogens (tertiary/aromatic N) is 1. The highest BCUT2D eigenvalue weighted by molar-refractivity contribution is 9.10. The minimum atomic E-state index is -1.02. The summed E-state index contributed by atoms with van der Waals surface area (Å²) >= 11 is 4.70. The number of pyridine rings is 1. The van der Waals surface area contributed by atoms with Crippen molar-refractivity contribution in [2.45, 2.75) is 12.5 Å². The van der Waals surface area contributed by atoms with Crippen LogP contribution in [0.4, 0.5) is 0 Å². The summed E-state index contributed by atoms with van der Waals surface area (Å²) in [5, 5.41) is 11.5. The van der Waals surface area contributed by atoms with Crippen molar-refractivity contribution in [1.29, 1.82) is 0 Å². The Balaban J connectivity index is 2.69. The first-order valence-corrected chi connectivity index (χ1v) is 7.37. The van der Waals surface area contributed by atoms with E-state index in [1.807, 2.05) is 6.26 Å². The standard InChI is InChI=1S/C11H13BrN2O3S/c1-18-5-3-8(11(16)17)14-10(15)7-2-4-13-9(12)6-7/h2,4,6,8H,3,5H2,1H3,(H,14,15)(H,16,17). The number of carbonyl (C=O) groups excluding carboxylic acids is 1. The van der Waals surface area contributed by atoms with Crippen LogP contribution in [0.15, 0.2) is 22.9 Å². The first kappa shape index (κ1) is 15.0. The Morgan fingerprint density at radius 3 is 2.89 bits per heavy atom. The molecule has 7 heteroatoms. The van der Waals surface area contributed by atoms with Crippen LogP contribution >= 0.6 is 27.7 Å². The third-order valence-electron chi connectivity index (χ3n) is 2.20. The number of nitrogens with one attached hydrogen (secondary N) is 1. The number of carbonyl (C=O) groups is 2. The molecule has 0 aliphatic rings. The normalized spacial score (nSPS) is 11.9. The van der Waals surface area contributed by atoms with Gasteiger partial charge in [-0.15, -0.1) is 0 Å². The van der Waals surface area contributed by atoms with Gasteiger partial charge < -0.3 is 10.4 Å². The van der Waals surface area contributed by atoms with Crippen LogP contribution in [-0.4, -0.2) is 40.0 Å². The SMILES string of the molecule is CSCCC(NC(=O)c1ccnc(Br)c1)C(=O)O. The smallest absolute Gasteiger partial charge is 0.326 e. The summed E-state index contributed by atoms with van der Waals surface area (Å²) in [6.45, 7) is 0. The molecule has 5 nitrogen and oxygen atoms in total. The average Bonchev–Trinajstić information content (AvgIpc) is 2.33. The highest BCUT2D eigenvalue weighted by atomic mass is 79.9. The molecule has 0 radical (unpaired) electrons. The van der Waals surface area contributed by atoms with Gasteiger partial charge in [-0.3, -0.25) is 4.79 Å². The maximum atomic E-state index is 11.8. The fourth-order valence-electron chi connectivity index (χ4n) is 1.28. The van der Waals surface area contributed by atoms with E-state index in [1.165, 1.54) is 12.3 Å². The molecule has 1 unspecified atom stereocenters. The van der Waals surface area contributed by atoms with Crippen LogP contribution in [0, 0.1) is 0 Å². The van der Waals surface area contributed by atoms with Gasteiger partial charge in [0.25, 0.3) is 5.91 Å². The van der Waals surface area contributed by atoms with Crippen molar-refractivity contribution in [1.82, 2.24) is 10.3 Å². The highest BCUT2D eigenvalue weighted by Gasteiger charge is 2.20. The molecular weight excluding hydrogens is 320 g/mol. The number of carboxylic acid groups (broad SMARTS) is 1. The molecule has 0 saturated heterocycles. The molecule has 2 N–H and O–H groups in total. The van der Waals surface area contributed by atoms with Gasteiger partial charge in [0.1, 0.15) is 10.6 Å². The van der Waals surface area contributed by atoms with Gasteiger partial charge in [-0.1, -0.05) is 0 Å². The monoisotopic (exact) mass is 332 g/mol. The molecule has 0 spiro atoms. The minimum Gasteiger partial charge on any atom is -0.480 e. The van der Waals surface area contributed by atoms with Crippen LogP contribution in [0.3, 0.4) is 0 Å². The van der Waals surface area contributed by atoms with Crippen molar-refractivity contribution in [2.24, 2.45) is 0 Å². The van der Waals surface area contributed by atoms with Crippen LogP contribution in [0.2, 0.25) is 0 Å². The van der Waals surface area contributed by atoms with Crippen LogP contribution in [0.5, 0.6) is 0 Å². The van der Waals surface area contributed by atoms with Crippen molar-refractivity contribution < 1.29 is 14.7 Å². The fourth-order valence-corrected chi connectivity index (χ4v) is 2.11. The quantitative estimate of drug-likeness (QED) is 0.776. The Morgan fingerprint density at radius 2 is 2.33 bits per heavy atom. The number of carboxylic acids is 1. The Kier molecular flexibility index (Phi) is 6.14. The molecule has 0 aromatic carbocycles. The molecule has 1 atom stereocenters. The number of hydrogen-bond acceptors (Lipinski definition) is 4. The zero-order chi connectivity index (χ0) is 13.5. The second kappa shape index (κ2) is 7.38. The molecule has 1 heterocycles. The Labute approximate surface area is 117 Å². The van der Waals surface area contributed by atoms with Crippen LogP contribution in [-0.2, 0) is 4.79 Å². The number of aromatic nitrogens is 1. The van der Waals surface area contributed by atoms with E-state index < -0.39 is 17.9 Å². The van der Waals surface area contributed by atoms with E-state index in [2.05, 4.69) is 26.2 Å². The predicted octanol–water partition coefficient (Wildman–Crippen LogP) is 1.78. The number of thioether (sulfide) groups is 1. The topological polar surface area (TPSA) is 79.3 Å². The van der Waals surface area contributed by atoms with Crippen LogP contribution in [0.25, 0.3) is 0 Å². The number of amides is 1. The van der Waals surface area contributed by atoms with Crippen LogP contribution in [0.1, 0.15) is 16.8 Å². The van der Waals surface area contributed by atoms with Crippen LogP contribution < -0.4 is 5.32 Å². The maximum Gasteiger partial charge on any atom is 0.326 e. The molecule has 1 amide bonds. The zero-order valence-electron chi connectivity index (χ0n) is 9.72. The molecule has 1 rings (SSSR count). The van der Waals surface area contributed by atoms with E-state index in [4.69, 9.17) is 5.11 Å². The Morgan fingerprint density at radius 1 is 1.61 bits per heavy atom. The first-order valence-electron chi connectivity index (χ1n) is 5.18. The summed E-state index contributed by atoms with van der Waals surface area (Å²) in [4.78, 5) is 26.7. The lowest BCUT2D eigenvalue weighted by molar-refractivity contribution is -0.139. The van der Waals surface area contributed by atoms with E-state index in [-0.39, 0.29) is 0 Å². The lowest BCUT2D eigenvalue weighted by atomic mass is 10.2. The second-order valence-electron chi connectivity index (χ2n) is 3.51. The highest BCUT2D eigenvalue weighted by Crippen LogP contribution is 2.09. The van der Waals surface area contributed by atoms with Gasteiger partial charge in [0.2, 0.25) is 0 Å². The maximum absolute atomic E-state index is 11.8. The largest absolute Gasteiger partial charge is 0.480 e. The Hall–Kier alpha value is -1.08. The van der Waals surface area contributed by atoms with Gasteiger partial charge in [0.05, 0.1) is 0 Å². The minimum absolute atomic E-state index is 0.382. The van der Waals surface area contributed by atoms with Gasteiger partial charge in [-0.05, 0) is 46.5 Å². The average molecular weight is 333 g/mol. The van der Waals surface area contributed by atoms with E-state index in [1.54, 1.807) is 17.8 Å². The van der Waals surface area contributed by atoms with Gasteiger partial charge >= 0.3 is 5.97 Å². The number of aliphatic carboxylic acids is 1. The van der Waals surface area contributed by atoms with Gasteiger partial charge in [0, 0.05) is 11.8 Å². The van der Waals surface area contributed by atoms with Crippen molar-refractivity contribution >= 4 is 39.6 Å². The van der Waals surface area contributed by atoms with Crippen molar-refractivity contribution in [3.05, 3.63) is 28.5 Å². The lowest BCUT2D eigenvalue weighted by Gasteiger charge is -2.13. The van der Waals surface area contributed by atoms with Gasteiger partial charge in [-0.25, -0.2) is 9.78 Å². The fraction of sp³-hybridized carbons (Fsp3) is 0.364. The predicted molar refractivity (Wildman–Crippen MR) is 73.8 cm³/mol. The third kappa shape index (κ3) is 4.66. The molecule has 0 aliphatic heterocycles. The van der Waals surface area contributed by atoms with Gasteiger partial charge in [-0.2, -0.15) is 11.8 Å². The Bertz CT molecular complexity index is 442. The number of halogens is 1. The zero-order valence-corrected chi connectivity index (χ0v) is 12.1.